The molecule has 4 aliphatic rings. The number of rotatable bonds is 7. The number of nitrogens with one attached hydrogen (secondary N) is 1. The van der Waals surface area contributed by atoms with Crippen molar-refractivity contribution < 1.29 is 29.0 Å². The van der Waals surface area contributed by atoms with Crippen LogP contribution in [0.4, 0.5) is 5.69 Å². The smallest absolute Gasteiger partial charge is 0.252 e. The third-order valence-corrected chi connectivity index (χ3v) is 8.37. The van der Waals surface area contributed by atoms with Gasteiger partial charge >= 0.3 is 0 Å². The lowest BCUT2D eigenvalue weighted by molar-refractivity contribution is -0.143. The van der Waals surface area contributed by atoms with Crippen molar-refractivity contribution in [2.75, 3.05) is 64.5 Å². The average molecular weight is 515 g/mol. The third-order valence-electron chi connectivity index (χ3n) is 8.37. The summed E-state index contributed by atoms with van der Waals surface area (Å²) in [6.45, 7) is 5.39. The molecule has 4 fully saturated rings. The first kappa shape index (κ1) is 26.1. The minimum atomic E-state index is -1.08. The fourth-order valence-electron chi connectivity index (χ4n) is 6.22. The van der Waals surface area contributed by atoms with Crippen molar-refractivity contribution in [3.05, 3.63) is 29.8 Å². The van der Waals surface area contributed by atoms with Crippen molar-refractivity contribution in [2.24, 2.45) is 0 Å². The van der Waals surface area contributed by atoms with E-state index in [1.807, 2.05) is 24.3 Å². The van der Waals surface area contributed by atoms with Crippen molar-refractivity contribution in [3.63, 3.8) is 0 Å². The summed E-state index contributed by atoms with van der Waals surface area (Å²) < 4.78 is 10.6. The molecule has 1 saturated carbocycles. The molecule has 0 spiro atoms. The number of Topliss-reactive ketones (excluding diaryl/α,β-unsaturated/α-hetero) is 1. The minimum Gasteiger partial charge on any atom is -0.388 e. The molecule has 2 amide bonds. The fraction of sp³-hybridized carbons (Fsp3) is 0.667. The van der Waals surface area contributed by atoms with Gasteiger partial charge < -0.3 is 29.7 Å². The molecule has 1 aliphatic carbocycles. The Kier molecular flexibility index (Phi) is 7.80. The number of hydrogen-bond acceptors (Lipinski definition) is 8. The van der Waals surface area contributed by atoms with Crippen LogP contribution in [-0.2, 0) is 19.1 Å². The summed E-state index contributed by atoms with van der Waals surface area (Å²) in [6.07, 6.45) is 2.08. The number of anilines is 1. The van der Waals surface area contributed by atoms with Crippen molar-refractivity contribution in [3.8, 4) is 0 Å². The Morgan fingerprint density at radius 3 is 2.49 bits per heavy atom. The summed E-state index contributed by atoms with van der Waals surface area (Å²) in [7, 11) is 1.72. The first-order valence-corrected chi connectivity index (χ1v) is 13.4. The number of carbonyl (C=O) groups is 3. The molecule has 0 radical (unpaired) electrons. The number of likely N-dealkylation sites (tertiary alicyclic amines) is 1. The van der Waals surface area contributed by atoms with Crippen LogP contribution in [0.3, 0.4) is 0 Å². The van der Waals surface area contributed by atoms with Crippen molar-refractivity contribution in [1.82, 2.24) is 15.1 Å². The molecule has 10 heteroatoms. The highest BCUT2D eigenvalue weighted by molar-refractivity contribution is 6.01. The summed E-state index contributed by atoms with van der Waals surface area (Å²) in [5, 5.41) is 13.5. The third kappa shape index (κ3) is 5.25. The topological polar surface area (TPSA) is 112 Å². The Bertz CT molecular complexity index is 987. The lowest BCUT2D eigenvalue weighted by atomic mass is 9.80. The molecule has 0 aromatic heterocycles. The Labute approximate surface area is 217 Å². The standard InChI is InChI=1S/C27H38N4O6/c1-36-16-15-29-11-13-30(14-12-29)20-7-5-19(6-8-20)25(34)28-27(9-3-2-4-10-27)26(35)31-17-21(32)24-23(31)22(33)18-37-24/h5-8,21,23-24,32H,2-4,9-18H2,1H3,(H,28,34)/t21-,23-,24-/m1/s1. The highest BCUT2D eigenvalue weighted by Gasteiger charge is 2.55. The number of aliphatic hydroxyl groups is 1. The van der Waals surface area contributed by atoms with Gasteiger partial charge in [-0.1, -0.05) is 19.3 Å². The van der Waals surface area contributed by atoms with Gasteiger partial charge in [0.1, 0.15) is 30.4 Å². The van der Waals surface area contributed by atoms with Gasteiger partial charge in [-0.15, -0.1) is 0 Å². The highest BCUT2D eigenvalue weighted by Crippen LogP contribution is 2.35. The summed E-state index contributed by atoms with van der Waals surface area (Å²) >= 11 is 0. The molecule has 3 heterocycles. The molecular formula is C27H38N4O6. The lowest BCUT2D eigenvalue weighted by Crippen LogP contribution is -2.62. The van der Waals surface area contributed by atoms with Crippen LogP contribution in [0.15, 0.2) is 24.3 Å². The molecule has 5 rings (SSSR count). The van der Waals surface area contributed by atoms with Gasteiger partial charge in [0.15, 0.2) is 5.78 Å². The lowest BCUT2D eigenvalue weighted by Gasteiger charge is -2.40. The van der Waals surface area contributed by atoms with Crippen molar-refractivity contribution in [2.45, 2.75) is 55.9 Å². The van der Waals surface area contributed by atoms with E-state index in [0.717, 1.165) is 64.3 Å². The summed E-state index contributed by atoms with van der Waals surface area (Å²) in [6, 6.07) is 6.78. The minimum absolute atomic E-state index is 0.0466. The van der Waals surface area contributed by atoms with Gasteiger partial charge in [-0.2, -0.15) is 0 Å². The van der Waals surface area contributed by atoms with Crippen LogP contribution in [0.25, 0.3) is 0 Å². The van der Waals surface area contributed by atoms with Gasteiger partial charge in [0.25, 0.3) is 5.91 Å². The summed E-state index contributed by atoms with van der Waals surface area (Å²) in [4.78, 5) is 45.8. The SMILES string of the molecule is COCCN1CCN(c2ccc(C(=O)NC3(C(=O)N4C[C@@H](O)[C@H]5OCC(=O)[C@H]54)CCCCC3)cc2)CC1. The molecule has 2 N–H and O–H groups in total. The van der Waals surface area contributed by atoms with E-state index < -0.39 is 23.8 Å². The zero-order chi connectivity index (χ0) is 26.0. The van der Waals surface area contributed by atoms with E-state index in [-0.39, 0.29) is 30.7 Å². The summed E-state index contributed by atoms with van der Waals surface area (Å²) in [5.41, 5.74) is 0.493. The van der Waals surface area contributed by atoms with Crippen LogP contribution in [-0.4, -0.2) is 116 Å². The average Bonchev–Trinajstić information content (AvgIpc) is 3.48. The van der Waals surface area contributed by atoms with Gasteiger partial charge in [-0.25, -0.2) is 0 Å². The van der Waals surface area contributed by atoms with E-state index in [9.17, 15) is 19.5 Å². The van der Waals surface area contributed by atoms with Gasteiger partial charge in [-0.05, 0) is 37.1 Å². The number of carbonyl (C=O) groups excluding carboxylic acids is 3. The van der Waals surface area contributed by atoms with E-state index in [4.69, 9.17) is 9.47 Å². The largest absolute Gasteiger partial charge is 0.388 e. The fourth-order valence-corrected chi connectivity index (χ4v) is 6.22. The summed E-state index contributed by atoms with van der Waals surface area (Å²) in [5.74, 6) is -0.771. The normalized spacial score (nSPS) is 27.8. The van der Waals surface area contributed by atoms with Crippen molar-refractivity contribution in [1.29, 1.82) is 0 Å². The Morgan fingerprint density at radius 1 is 1.11 bits per heavy atom. The molecular weight excluding hydrogens is 476 g/mol. The van der Waals surface area contributed by atoms with Gasteiger partial charge in [0, 0.05) is 51.1 Å². The number of piperazine rings is 1. The predicted molar refractivity (Wildman–Crippen MR) is 137 cm³/mol. The van der Waals surface area contributed by atoms with E-state index in [1.165, 1.54) is 4.90 Å². The van der Waals surface area contributed by atoms with E-state index in [0.29, 0.717) is 18.4 Å². The predicted octanol–water partition coefficient (Wildman–Crippen LogP) is 0.427. The number of benzene rings is 1. The number of methoxy groups -OCH3 is 1. The molecule has 1 aromatic carbocycles. The quantitative estimate of drug-likeness (QED) is 0.539. The maximum atomic E-state index is 13.8. The van der Waals surface area contributed by atoms with Crippen LogP contribution in [0.1, 0.15) is 42.5 Å². The molecule has 1 aromatic rings. The van der Waals surface area contributed by atoms with Gasteiger partial charge in [0.2, 0.25) is 5.91 Å². The Balaban J connectivity index is 1.26. The monoisotopic (exact) mass is 514 g/mol. The molecule has 37 heavy (non-hydrogen) atoms. The number of ether oxygens (including phenoxy) is 2. The molecule has 3 aliphatic heterocycles. The zero-order valence-corrected chi connectivity index (χ0v) is 21.6. The van der Waals surface area contributed by atoms with E-state index >= 15 is 0 Å². The number of aliphatic hydroxyl groups excluding tert-OH is 1. The first-order valence-electron chi connectivity index (χ1n) is 13.4. The number of nitrogens with zero attached hydrogens (tertiary/aromatic N) is 3. The maximum absolute atomic E-state index is 13.8. The van der Waals surface area contributed by atoms with Crippen LogP contribution in [0, 0.1) is 0 Å². The second kappa shape index (κ2) is 11.1. The number of hydrogen-bond donors (Lipinski definition) is 2. The second-order valence-corrected chi connectivity index (χ2v) is 10.7. The number of β-amino-alcohol motifs (C(OH)–C–C–N with tert-alkyl or cyclic N) is 1. The maximum Gasteiger partial charge on any atom is 0.252 e. The number of fused-ring (bicyclic) bond motifs is 1. The molecule has 202 valence electrons. The van der Waals surface area contributed by atoms with Crippen LogP contribution >= 0.6 is 0 Å². The first-order chi connectivity index (χ1) is 17.9. The van der Waals surface area contributed by atoms with Crippen LogP contribution in [0.2, 0.25) is 0 Å². The number of amides is 2. The van der Waals surface area contributed by atoms with E-state index in [2.05, 4.69) is 15.1 Å². The van der Waals surface area contributed by atoms with Gasteiger partial charge in [0.05, 0.1) is 13.2 Å². The molecule has 3 saturated heterocycles. The highest BCUT2D eigenvalue weighted by atomic mass is 16.5. The van der Waals surface area contributed by atoms with E-state index in [1.54, 1.807) is 7.11 Å². The van der Waals surface area contributed by atoms with Crippen molar-refractivity contribution >= 4 is 23.3 Å². The molecule has 0 bridgehead atoms. The molecule has 0 unspecified atom stereocenters. The van der Waals surface area contributed by atoms with Crippen LogP contribution in [0.5, 0.6) is 0 Å². The number of ketones is 1. The zero-order valence-electron chi connectivity index (χ0n) is 21.6. The molecule has 3 atom stereocenters. The van der Waals surface area contributed by atoms with Crippen LogP contribution < -0.4 is 10.2 Å². The van der Waals surface area contributed by atoms with Gasteiger partial charge in [-0.3, -0.25) is 19.3 Å². The second-order valence-electron chi connectivity index (χ2n) is 10.7. The Morgan fingerprint density at radius 2 is 1.81 bits per heavy atom. The Hall–Kier alpha value is -2.53. The molecule has 10 nitrogen and oxygen atoms in total.